The highest BCUT2D eigenvalue weighted by Gasteiger charge is 2.12. The molecule has 0 bridgehead atoms. The van der Waals surface area contributed by atoms with E-state index in [-0.39, 0.29) is 12.4 Å². The van der Waals surface area contributed by atoms with Crippen molar-refractivity contribution < 1.29 is 13.9 Å². The van der Waals surface area contributed by atoms with Gasteiger partial charge in [-0.3, -0.25) is 4.79 Å². The third kappa shape index (κ3) is 3.32. The van der Waals surface area contributed by atoms with Gasteiger partial charge in [-0.05, 0) is 48.9 Å². The van der Waals surface area contributed by atoms with Crippen LogP contribution in [-0.2, 0) is 0 Å². The molecule has 0 radical (unpaired) electrons. The van der Waals surface area contributed by atoms with Gasteiger partial charge < -0.3 is 9.15 Å². The maximum Gasteiger partial charge on any atom is 0.344 e. The van der Waals surface area contributed by atoms with Crippen LogP contribution in [0.3, 0.4) is 0 Å². The van der Waals surface area contributed by atoms with Gasteiger partial charge in [0.25, 0.3) is 0 Å². The zero-order chi connectivity index (χ0) is 19.0. The molecule has 4 aromatic rings. The van der Waals surface area contributed by atoms with Crippen molar-refractivity contribution in [3.05, 3.63) is 87.2 Å². The molecule has 0 aliphatic rings. The quantitative estimate of drug-likeness (QED) is 0.279. The molecule has 0 amide bonds. The SMILES string of the molecule is Cc1cc(OCC(=O)c2ccc(Cl)cc2)cc2oc(=O)c3ccccc3c12. The Labute approximate surface area is 159 Å². The Balaban J connectivity index is 1.67. The molecule has 1 heterocycles. The molecular formula is C22H15ClO4. The summed E-state index contributed by atoms with van der Waals surface area (Å²) in [6.45, 7) is 1.80. The Bertz CT molecular complexity index is 1220. The predicted molar refractivity (Wildman–Crippen MR) is 106 cm³/mol. The Morgan fingerprint density at radius 2 is 1.74 bits per heavy atom. The van der Waals surface area contributed by atoms with E-state index in [0.717, 1.165) is 16.3 Å². The minimum atomic E-state index is -0.396. The van der Waals surface area contributed by atoms with Crippen LogP contribution in [0.5, 0.6) is 5.75 Å². The van der Waals surface area contributed by atoms with Gasteiger partial charge in [-0.1, -0.05) is 29.8 Å². The van der Waals surface area contributed by atoms with Crippen molar-refractivity contribution in [2.45, 2.75) is 6.92 Å². The zero-order valence-electron chi connectivity index (χ0n) is 14.5. The van der Waals surface area contributed by atoms with E-state index < -0.39 is 5.63 Å². The van der Waals surface area contributed by atoms with Gasteiger partial charge in [0.05, 0.1) is 5.39 Å². The van der Waals surface area contributed by atoms with Gasteiger partial charge in [-0.2, -0.15) is 0 Å². The number of hydrogen-bond acceptors (Lipinski definition) is 4. The molecule has 0 aliphatic heterocycles. The first-order valence-corrected chi connectivity index (χ1v) is 8.78. The molecule has 4 nitrogen and oxygen atoms in total. The fourth-order valence-corrected chi connectivity index (χ4v) is 3.26. The average molecular weight is 379 g/mol. The van der Waals surface area contributed by atoms with Crippen molar-refractivity contribution in [1.82, 2.24) is 0 Å². The Hall–Kier alpha value is -3.11. The van der Waals surface area contributed by atoms with Gasteiger partial charge in [0.15, 0.2) is 12.4 Å². The molecule has 0 fully saturated rings. The Morgan fingerprint density at radius 1 is 1.04 bits per heavy atom. The normalized spacial score (nSPS) is 11.0. The first-order valence-electron chi connectivity index (χ1n) is 8.41. The molecule has 0 N–H and O–H groups in total. The van der Waals surface area contributed by atoms with Crippen molar-refractivity contribution in [2.75, 3.05) is 6.61 Å². The summed E-state index contributed by atoms with van der Waals surface area (Å²) < 4.78 is 11.1. The lowest BCUT2D eigenvalue weighted by Gasteiger charge is -2.10. The van der Waals surface area contributed by atoms with E-state index in [1.165, 1.54) is 0 Å². The summed E-state index contributed by atoms with van der Waals surface area (Å²) >= 11 is 5.84. The molecular weight excluding hydrogens is 364 g/mol. The lowest BCUT2D eigenvalue weighted by molar-refractivity contribution is 0.0921. The van der Waals surface area contributed by atoms with E-state index in [2.05, 4.69) is 0 Å². The molecule has 0 spiro atoms. The summed E-state index contributed by atoms with van der Waals surface area (Å²) in [5.74, 6) is 0.310. The highest BCUT2D eigenvalue weighted by Crippen LogP contribution is 2.30. The fourth-order valence-electron chi connectivity index (χ4n) is 3.13. The summed E-state index contributed by atoms with van der Waals surface area (Å²) in [6, 6.07) is 17.5. The van der Waals surface area contributed by atoms with Crippen LogP contribution in [0, 0.1) is 6.92 Å². The smallest absolute Gasteiger partial charge is 0.344 e. The number of aryl methyl sites for hydroxylation is 1. The molecule has 27 heavy (non-hydrogen) atoms. The number of ketones is 1. The van der Waals surface area contributed by atoms with E-state index in [1.807, 2.05) is 25.1 Å². The molecule has 1 aromatic heterocycles. The molecule has 134 valence electrons. The van der Waals surface area contributed by atoms with Crippen LogP contribution < -0.4 is 10.4 Å². The molecule has 0 aliphatic carbocycles. The van der Waals surface area contributed by atoms with Crippen LogP contribution in [0.4, 0.5) is 0 Å². The first-order chi connectivity index (χ1) is 13.0. The largest absolute Gasteiger partial charge is 0.485 e. The van der Waals surface area contributed by atoms with E-state index >= 15 is 0 Å². The van der Waals surface area contributed by atoms with E-state index in [0.29, 0.717) is 27.3 Å². The first kappa shape index (κ1) is 17.3. The van der Waals surface area contributed by atoms with E-state index in [9.17, 15) is 9.59 Å². The number of carbonyl (C=O) groups excluding carboxylic acids is 1. The Kier molecular flexibility index (Phi) is 4.42. The van der Waals surface area contributed by atoms with Crippen LogP contribution >= 0.6 is 11.6 Å². The minimum Gasteiger partial charge on any atom is -0.485 e. The van der Waals surface area contributed by atoms with Crippen molar-refractivity contribution in [3.63, 3.8) is 0 Å². The van der Waals surface area contributed by atoms with Gasteiger partial charge in [0.1, 0.15) is 11.3 Å². The van der Waals surface area contributed by atoms with Crippen LogP contribution in [-0.4, -0.2) is 12.4 Å². The summed E-state index contributed by atoms with van der Waals surface area (Å²) in [7, 11) is 0. The Morgan fingerprint density at radius 3 is 2.48 bits per heavy atom. The van der Waals surface area contributed by atoms with Crippen molar-refractivity contribution in [1.29, 1.82) is 0 Å². The standard InChI is InChI=1S/C22H15ClO4/c1-13-10-16(26-12-19(24)14-6-8-15(23)9-7-14)11-20-21(13)17-4-2-3-5-18(17)22(25)27-20/h2-11H,12H2,1H3. The zero-order valence-corrected chi connectivity index (χ0v) is 15.2. The van der Waals surface area contributed by atoms with Gasteiger partial charge in [-0.15, -0.1) is 0 Å². The summed E-state index contributed by atoms with van der Waals surface area (Å²) in [5, 5.41) is 2.81. The molecule has 0 unspecified atom stereocenters. The van der Waals surface area contributed by atoms with Crippen LogP contribution in [0.2, 0.25) is 5.02 Å². The van der Waals surface area contributed by atoms with Crippen molar-refractivity contribution in [2.24, 2.45) is 0 Å². The molecule has 4 rings (SSSR count). The monoisotopic (exact) mass is 378 g/mol. The number of hydrogen-bond donors (Lipinski definition) is 0. The van der Waals surface area contributed by atoms with Crippen LogP contribution in [0.15, 0.2) is 69.9 Å². The van der Waals surface area contributed by atoms with Gasteiger partial charge in [-0.25, -0.2) is 4.79 Å². The number of ether oxygens (including phenoxy) is 1. The second kappa shape index (κ2) is 6.89. The van der Waals surface area contributed by atoms with Gasteiger partial charge >= 0.3 is 5.63 Å². The van der Waals surface area contributed by atoms with Gasteiger partial charge in [0.2, 0.25) is 0 Å². The van der Waals surface area contributed by atoms with E-state index in [1.54, 1.807) is 42.5 Å². The maximum atomic E-state index is 12.3. The highest BCUT2D eigenvalue weighted by atomic mass is 35.5. The van der Waals surface area contributed by atoms with Gasteiger partial charge in [0, 0.05) is 27.4 Å². The molecule has 0 saturated heterocycles. The third-order valence-electron chi connectivity index (χ3n) is 4.43. The lowest BCUT2D eigenvalue weighted by Crippen LogP contribution is -2.11. The summed E-state index contributed by atoms with van der Waals surface area (Å²) in [4.78, 5) is 24.5. The van der Waals surface area contributed by atoms with Crippen molar-refractivity contribution in [3.8, 4) is 5.75 Å². The number of Topliss-reactive ketones (excluding diaryl/α,β-unsaturated/α-hetero) is 1. The number of rotatable bonds is 4. The van der Waals surface area contributed by atoms with E-state index in [4.69, 9.17) is 20.8 Å². The molecule has 3 aromatic carbocycles. The molecule has 5 heteroatoms. The summed E-state index contributed by atoms with van der Waals surface area (Å²) in [5.41, 5.74) is 1.47. The number of fused-ring (bicyclic) bond motifs is 3. The minimum absolute atomic E-state index is 0.121. The molecule has 0 saturated carbocycles. The fraction of sp³-hybridized carbons (Fsp3) is 0.0909. The van der Waals surface area contributed by atoms with Crippen molar-refractivity contribution >= 4 is 39.1 Å². The average Bonchev–Trinajstić information content (AvgIpc) is 2.66. The number of halogens is 1. The second-order valence-corrected chi connectivity index (χ2v) is 6.70. The topological polar surface area (TPSA) is 56.5 Å². The number of benzene rings is 3. The molecule has 0 atom stereocenters. The predicted octanol–water partition coefficient (Wildman–Crippen LogP) is 5.17. The highest BCUT2D eigenvalue weighted by molar-refractivity contribution is 6.30. The number of carbonyl (C=O) groups is 1. The second-order valence-electron chi connectivity index (χ2n) is 6.27. The van der Waals surface area contributed by atoms with Crippen LogP contribution in [0.25, 0.3) is 21.7 Å². The lowest BCUT2D eigenvalue weighted by atomic mass is 10.0. The summed E-state index contributed by atoms with van der Waals surface area (Å²) in [6.07, 6.45) is 0. The maximum absolute atomic E-state index is 12.3. The van der Waals surface area contributed by atoms with Crippen LogP contribution in [0.1, 0.15) is 15.9 Å². The third-order valence-corrected chi connectivity index (χ3v) is 4.68.